The van der Waals surface area contributed by atoms with E-state index < -0.39 is 0 Å². The number of nitrogens with two attached hydrogens (primary N) is 1. The fraction of sp³-hybridized carbons (Fsp3) is 0.455. The number of methoxy groups -OCH3 is 1. The van der Waals surface area contributed by atoms with Crippen LogP contribution in [0.5, 0.6) is 5.75 Å². The van der Waals surface area contributed by atoms with Crippen LogP contribution in [-0.4, -0.2) is 13.7 Å². The van der Waals surface area contributed by atoms with Gasteiger partial charge in [-0.05, 0) is 42.6 Å². The molecule has 0 saturated heterocycles. The van der Waals surface area contributed by atoms with Gasteiger partial charge in [-0.2, -0.15) is 0 Å². The fourth-order valence-electron chi connectivity index (χ4n) is 1.37. The van der Waals surface area contributed by atoms with Crippen LogP contribution >= 0.6 is 0 Å². The minimum Gasteiger partial charge on any atom is -0.496 e. The van der Waals surface area contributed by atoms with Crippen LogP contribution in [0.2, 0.25) is 0 Å². The average Bonchev–Trinajstić information content (AvgIpc) is 2.18. The molecular formula is C11H16FNO. The lowest BCUT2D eigenvalue weighted by Crippen LogP contribution is -2.13. The number of hydrogen-bond acceptors (Lipinski definition) is 2. The first kappa shape index (κ1) is 11.0. The van der Waals surface area contributed by atoms with Crippen molar-refractivity contribution >= 4 is 0 Å². The molecule has 0 radical (unpaired) electrons. The van der Waals surface area contributed by atoms with E-state index in [4.69, 9.17) is 10.5 Å². The molecule has 0 aliphatic rings. The highest BCUT2D eigenvalue weighted by atomic mass is 19.1. The Labute approximate surface area is 83.9 Å². The van der Waals surface area contributed by atoms with Gasteiger partial charge in [0.2, 0.25) is 0 Å². The Hall–Kier alpha value is -1.09. The molecule has 1 unspecified atom stereocenters. The van der Waals surface area contributed by atoms with Crippen LogP contribution in [0.4, 0.5) is 4.39 Å². The lowest BCUT2D eigenvalue weighted by atomic mass is 10.0. The first-order valence-corrected chi connectivity index (χ1v) is 4.70. The monoisotopic (exact) mass is 197 g/mol. The second-order valence-electron chi connectivity index (χ2n) is 3.50. The average molecular weight is 197 g/mol. The maximum absolute atomic E-state index is 13.0. The lowest BCUT2D eigenvalue weighted by Gasteiger charge is -2.12. The van der Waals surface area contributed by atoms with Crippen molar-refractivity contribution < 1.29 is 9.13 Å². The Morgan fingerprint density at radius 1 is 1.50 bits per heavy atom. The summed E-state index contributed by atoms with van der Waals surface area (Å²) in [6.45, 7) is 2.63. The second kappa shape index (κ2) is 4.96. The highest BCUT2D eigenvalue weighted by Crippen LogP contribution is 2.21. The topological polar surface area (TPSA) is 35.2 Å². The van der Waals surface area contributed by atoms with Crippen LogP contribution in [0.15, 0.2) is 18.2 Å². The third-order valence-electron chi connectivity index (χ3n) is 2.21. The van der Waals surface area contributed by atoms with E-state index in [0.29, 0.717) is 12.5 Å². The van der Waals surface area contributed by atoms with E-state index in [0.717, 1.165) is 17.7 Å². The van der Waals surface area contributed by atoms with Crippen molar-refractivity contribution in [3.8, 4) is 5.75 Å². The maximum atomic E-state index is 13.0. The summed E-state index contributed by atoms with van der Waals surface area (Å²) in [6, 6.07) is 4.55. The smallest absolute Gasteiger partial charge is 0.123 e. The standard InChI is InChI=1S/C11H16FNO/c1-8(7-13)5-9-6-10(12)3-4-11(9)14-2/h3-4,6,8H,5,7,13H2,1-2H3. The molecule has 0 heterocycles. The zero-order chi connectivity index (χ0) is 10.6. The van der Waals surface area contributed by atoms with Gasteiger partial charge in [-0.3, -0.25) is 0 Å². The van der Waals surface area contributed by atoms with E-state index in [1.165, 1.54) is 12.1 Å². The lowest BCUT2D eigenvalue weighted by molar-refractivity contribution is 0.404. The van der Waals surface area contributed by atoms with Crippen LogP contribution in [-0.2, 0) is 6.42 Å². The van der Waals surface area contributed by atoms with E-state index in [2.05, 4.69) is 0 Å². The van der Waals surface area contributed by atoms with Crippen molar-refractivity contribution in [2.45, 2.75) is 13.3 Å². The summed E-state index contributed by atoms with van der Waals surface area (Å²) in [5.41, 5.74) is 6.39. The Morgan fingerprint density at radius 3 is 2.79 bits per heavy atom. The van der Waals surface area contributed by atoms with Crippen molar-refractivity contribution in [1.29, 1.82) is 0 Å². The Balaban J connectivity index is 2.87. The van der Waals surface area contributed by atoms with Crippen LogP contribution in [0, 0.1) is 11.7 Å². The minimum atomic E-state index is -0.231. The molecule has 2 N–H and O–H groups in total. The van der Waals surface area contributed by atoms with E-state index in [1.54, 1.807) is 13.2 Å². The Kier molecular flexibility index (Phi) is 3.89. The number of ether oxygens (including phenoxy) is 1. The van der Waals surface area contributed by atoms with Crippen molar-refractivity contribution in [2.24, 2.45) is 11.7 Å². The van der Waals surface area contributed by atoms with Gasteiger partial charge < -0.3 is 10.5 Å². The summed E-state index contributed by atoms with van der Waals surface area (Å²) in [5, 5.41) is 0. The predicted octanol–water partition coefficient (Wildman–Crippen LogP) is 1.97. The van der Waals surface area contributed by atoms with Gasteiger partial charge in [-0.15, -0.1) is 0 Å². The summed E-state index contributed by atoms with van der Waals surface area (Å²) < 4.78 is 18.1. The minimum absolute atomic E-state index is 0.231. The SMILES string of the molecule is COc1ccc(F)cc1CC(C)CN. The number of rotatable bonds is 4. The van der Waals surface area contributed by atoms with Crippen LogP contribution in [0.25, 0.3) is 0 Å². The van der Waals surface area contributed by atoms with Gasteiger partial charge in [-0.25, -0.2) is 4.39 Å². The summed E-state index contributed by atoms with van der Waals surface area (Å²) in [7, 11) is 1.59. The first-order valence-electron chi connectivity index (χ1n) is 4.70. The molecule has 1 aromatic rings. The molecule has 1 atom stereocenters. The molecule has 0 aromatic heterocycles. The number of benzene rings is 1. The van der Waals surface area contributed by atoms with Crippen LogP contribution in [0.3, 0.4) is 0 Å². The highest BCUT2D eigenvalue weighted by molar-refractivity contribution is 5.34. The normalized spacial score (nSPS) is 12.6. The molecule has 0 aliphatic heterocycles. The van der Waals surface area contributed by atoms with Gasteiger partial charge in [0, 0.05) is 0 Å². The predicted molar refractivity (Wildman–Crippen MR) is 54.9 cm³/mol. The molecular weight excluding hydrogens is 181 g/mol. The Bertz CT molecular complexity index is 301. The van der Waals surface area contributed by atoms with E-state index in [1.807, 2.05) is 6.92 Å². The summed E-state index contributed by atoms with van der Waals surface area (Å²) >= 11 is 0. The van der Waals surface area contributed by atoms with Crippen molar-refractivity contribution in [2.75, 3.05) is 13.7 Å². The largest absolute Gasteiger partial charge is 0.496 e. The molecule has 1 aromatic carbocycles. The molecule has 14 heavy (non-hydrogen) atoms. The van der Waals surface area contributed by atoms with Crippen molar-refractivity contribution in [3.63, 3.8) is 0 Å². The van der Waals surface area contributed by atoms with Crippen LogP contribution < -0.4 is 10.5 Å². The molecule has 0 spiro atoms. The van der Waals surface area contributed by atoms with Gasteiger partial charge >= 0.3 is 0 Å². The quantitative estimate of drug-likeness (QED) is 0.801. The molecule has 78 valence electrons. The summed E-state index contributed by atoms with van der Waals surface area (Å²) in [6.07, 6.45) is 0.747. The van der Waals surface area contributed by atoms with E-state index >= 15 is 0 Å². The molecule has 0 fully saturated rings. The third kappa shape index (κ3) is 2.70. The van der Waals surface area contributed by atoms with Crippen molar-refractivity contribution in [3.05, 3.63) is 29.6 Å². The molecule has 3 heteroatoms. The molecule has 1 rings (SSSR count). The van der Waals surface area contributed by atoms with Gasteiger partial charge in [0.15, 0.2) is 0 Å². The molecule has 0 amide bonds. The Morgan fingerprint density at radius 2 is 2.21 bits per heavy atom. The second-order valence-corrected chi connectivity index (χ2v) is 3.50. The van der Waals surface area contributed by atoms with Crippen LogP contribution in [0.1, 0.15) is 12.5 Å². The van der Waals surface area contributed by atoms with Crippen molar-refractivity contribution in [1.82, 2.24) is 0 Å². The van der Waals surface area contributed by atoms with Gasteiger partial charge in [0.05, 0.1) is 7.11 Å². The molecule has 0 aliphatic carbocycles. The fourth-order valence-corrected chi connectivity index (χ4v) is 1.37. The van der Waals surface area contributed by atoms with Gasteiger partial charge in [0.25, 0.3) is 0 Å². The number of hydrogen-bond donors (Lipinski definition) is 1. The summed E-state index contributed by atoms with van der Waals surface area (Å²) in [4.78, 5) is 0. The van der Waals surface area contributed by atoms with E-state index in [-0.39, 0.29) is 5.82 Å². The zero-order valence-electron chi connectivity index (χ0n) is 8.59. The number of halogens is 1. The third-order valence-corrected chi connectivity index (χ3v) is 2.21. The van der Waals surface area contributed by atoms with E-state index in [9.17, 15) is 4.39 Å². The zero-order valence-corrected chi connectivity index (χ0v) is 8.59. The van der Waals surface area contributed by atoms with Gasteiger partial charge in [0.1, 0.15) is 11.6 Å². The molecule has 0 bridgehead atoms. The molecule has 0 saturated carbocycles. The molecule has 2 nitrogen and oxygen atoms in total. The highest BCUT2D eigenvalue weighted by Gasteiger charge is 2.08. The van der Waals surface area contributed by atoms with Gasteiger partial charge in [-0.1, -0.05) is 6.92 Å². The summed E-state index contributed by atoms with van der Waals surface area (Å²) in [5.74, 6) is 0.836. The first-order chi connectivity index (χ1) is 6.67. The maximum Gasteiger partial charge on any atom is 0.123 e.